The van der Waals surface area contributed by atoms with Gasteiger partial charge in [0, 0.05) is 29.6 Å². The van der Waals surface area contributed by atoms with Crippen LogP contribution in [-0.2, 0) is 11.3 Å². The van der Waals surface area contributed by atoms with Gasteiger partial charge in [0.05, 0.1) is 0 Å². The monoisotopic (exact) mass is 367 g/mol. The Morgan fingerprint density at radius 1 is 1.04 bits per heavy atom. The summed E-state index contributed by atoms with van der Waals surface area (Å²) in [6.07, 6.45) is 7.31. The lowest BCUT2D eigenvalue weighted by Crippen LogP contribution is -2.36. The lowest BCUT2D eigenvalue weighted by Gasteiger charge is -2.22. The van der Waals surface area contributed by atoms with Crippen molar-refractivity contribution in [3.63, 3.8) is 0 Å². The molecule has 1 saturated carbocycles. The van der Waals surface area contributed by atoms with E-state index in [4.69, 9.17) is 0 Å². The fourth-order valence-corrected chi connectivity index (χ4v) is 3.35. The number of pyridine rings is 1. The standard InChI is InChI=1S/C21H25N3O3/c1-15-7-12-20(26)24(13-15)14-19(25)22-18-10-8-16(9-11-18)21(27)23-17-5-3-2-4-6-17/h7-13,17H,2-6,14H2,1H3,(H,22,25)(H,23,27). The minimum Gasteiger partial charge on any atom is -0.349 e. The second-order valence-electron chi connectivity index (χ2n) is 7.11. The highest BCUT2D eigenvalue weighted by Gasteiger charge is 2.16. The molecule has 27 heavy (non-hydrogen) atoms. The molecule has 0 saturated heterocycles. The Balaban J connectivity index is 1.56. The van der Waals surface area contributed by atoms with Crippen LogP contribution in [0.25, 0.3) is 0 Å². The number of carbonyl (C=O) groups excluding carboxylic acids is 2. The maximum absolute atomic E-state index is 12.3. The zero-order valence-electron chi connectivity index (χ0n) is 15.5. The second kappa shape index (κ2) is 8.66. The molecule has 0 atom stereocenters. The molecule has 0 bridgehead atoms. The topological polar surface area (TPSA) is 80.2 Å². The van der Waals surface area contributed by atoms with Crippen LogP contribution in [0.1, 0.15) is 48.0 Å². The Kier molecular flexibility index (Phi) is 6.06. The van der Waals surface area contributed by atoms with Gasteiger partial charge in [0.1, 0.15) is 6.54 Å². The Hall–Kier alpha value is -2.89. The molecule has 2 aromatic rings. The van der Waals surface area contributed by atoms with Crippen molar-refractivity contribution in [1.29, 1.82) is 0 Å². The van der Waals surface area contributed by atoms with Gasteiger partial charge in [-0.1, -0.05) is 25.3 Å². The molecule has 2 N–H and O–H groups in total. The van der Waals surface area contributed by atoms with Gasteiger partial charge in [-0.3, -0.25) is 14.4 Å². The Morgan fingerprint density at radius 2 is 1.74 bits per heavy atom. The number of hydrogen-bond acceptors (Lipinski definition) is 3. The molecule has 1 aliphatic rings. The quantitative estimate of drug-likeness (QED) is 0.853. The predicted octanol–water partition coefficient (Wildman–Crippen LogP) is 2.86. The molecule has 0 spiro atoms. The van der Waals surface area contributed by atoms with Crippen LogP contribution in [0.2, 0.25) is 0 Å². The highest BCUT2D eigenvalue weighted by Crippen LogP contribution is 2.18. The van der Waals surface area contributed by atoms with E-state index in [1.807, 2.05) is 6.92 Å². The van der Waals surface area contributed by atoms with Gasteiger partial charge in [0.2, 0.25) is 5.91 Å². The van der Waals surface area contributed by atoms with Crippen LogP contribution in [0.5, 0.6) is 0 Å². The molecule has 6 heteroatoms. The minimum absolute atomic E-state index is 0.0512. The van der Waals surface area contributed by atoms with E-state index in [1.54, 1.807) is 36.5 Å². The SMILES string of the molecule is Cc1ccc(=O)n(CC(=O)Nc2ccc(C(=O)NC3CCCCC3)cc2)c1. The van der Waals surface area contributed by atoms with E-state index >= 15 is 0 Å². The van der Waals surface area contributed by atoms with Gasteiger partial charge in [0.25, 0.3) is 11.5 Å². The predicted molar refractivity (Wildman–Crippen MR) is 105 cm³/mol. The molecular formula is C21H25N3O3. The first kappa shape index (κ1) is 18.9. The van der Waals surface area contributed by atoms with Crippen LogP contribution in [-0.4, -0.2) is 22.4 Å². The summed E-state index contributed by atoms with van der Waals surface area (Å²) in [6.45, 7) is 1.81. The summed E-state index contributed by atoms with van der Waals surface area (Å²) in [5.41, 5.74) is 1.87. The number of aromatic nitrogens is 1. The number of nitrogens with one attached hydrogen (secondary N) is 2. The summed E-state index contributed by atoms with van der Waals surface area (Å²) >= 11 is 0. The van der Waals surface area contributed by atoms with Crippen molar-refractivity contribution in [3.05, 3.63) is 64.1 Å². The first-order valence-electron chi connectivity index (χ1n) is 9.39. The van der Waals surface area contributed by atoms with E-state index in [1.165, 1.54) is 29.9 Å². The van der Waals surface area contributed by atoms with Crippen LogP contribution < -0.4 is 16.2 Å². The first-order valence-corrected chi connectivity index (χ1v) is 9.39. The van der Waals surface area contributed by atoms with E-state index in [0.717, 1.165) is 18.4 Å². The van der Waals surface area contributed by atoms with Crippen molar-refractivity contribution in [2.24, 2.45) is 0 Å². The van der Waals surface area contributed by atoms with Crippen molar-refractivity contribution < 1.29 is 9.59 Å². The van der Waals surface area contributed by atoms with Crippen LogP contribution in [0.4, 0.5) is 5.69 Å². The maximum atomic E-state index is 12.3. The fourth-order valence-electron chi connectivity index (χ4n) is 3.35. The van der Waals surface area contributed by atoms with E-state index < -0.39 is 0 Å². The number of rotatable bonds is 5. The highest BCUT2D eigenvalue weighted by molar-refractivity contribution is 5.95. The number of amides is 2. The largest absolute Gasteiger partial charge is 0.349 e. The lowest BCUT2D eigenvalue weighted by atomic mass is 9.95. The van der Waals surface area contributed by atoms with Crippen molar-refractivity contribution >= 4 is 17.5 Å². The summed E-state index contributed by atoms with van der Waals surface area (Å²) in [7, 11) is 0. The van der Waals surface area contributed by atoms with Gasteiger partial charge >= 0.3 is 0 Å². The number of hydrogen-bond donors (Lipinski definition) is 2. The Bertz CT molecular complexity index is 865. The summed E-state index contributed by atoms with van der Waals surface area (Å²) < 4.78 is 1.37. The molecule has 0 aliphatic heterocycles. The molecule has 0 radical (unpaired) electrons. The molecule has 1 aliphatic carbocycles. The number of anilines is 1. The molecule has 6 nitrogen and oxygen atoms in total. The highest BCUT2D eigenvalue weighted by atomic mass is 16.2. The van der Waals surface area contributed by atoms with Gasteiger partial charge in [-0.25, -0.2) is 0 Å². The smallest absolute Gasteiger partial charge is 0.251 e. The lowest BCUT2D eigenvalue weighted by molar-refractivity contribution is -0.116. The van der Waals surface area contributed by atoms with E-state index in [-0.39, 0.29) is 30.0 Å². The molecule has 1 aromatic heterocycles. The van der Waals surface area contributed by atoms with E-state index in [0.29, 0.717) is 11.3 Å². The molecule has 1 heterocycles. The van der Waals surface area contributed by atoms with Crippen molar-refractivity contribution in [3.8, 4) is 0 Å². The van der Waals surface area contributed by atoms with E-state index in [9.17, 15) is 14.4 Å². The zero-order chi connectivity index (χ0) is 19.2. The van der Waals surface area contributed by atoms with Crippen molar-refractivity contribution in [2.45, 2.75) is 51.6 Å². The molecule has 3 rings (SSSR count). The van der Waals surface area contributed by atoms with Crippen LogP contribution >= 0.6 is 0 Å². The number of aryl methyl sites for hydroxylation is 1. The van der Waals surface area contributed by atoms with Crippen LogP contribution in [0, 0.1) is 6.92 Å². The Morgan fingerprint density at radius 3 is 2.44 bits per heavy atom. The second-order valence-corrected chi connectivity index (χ2v) is 7.11. The third kappa shape index (κ3) is 5.29. The third-order valence-corrected chi connectivity index (χ3v) is 4.82. The van der Waals surface area contributed by atoms with E-state index in [2.05, 4.69) is 10.6 Å². The van der Waals surface area contributed by atoms with Gasteiger partial charge in [-0.15, -0.1) is 0 Å². The average molecular weight is 367 g/mol. The number of carbonyl (C=O) groups is 2. The maximum Gasteiger partial charge on any atom is 0.251 e. The summed E-state index contributed by atoms with van der Waals surface area (Å²) in [6, 6.07) is 10.2. The summed E-state index contributed by atoms with van der Waals surface area (Å²) in [4.78, 5) is 36.3. The van der Waals surface area contributed by atoms with Gasteiger partial charge in [0.15, 0.2) is 0 Å². The summed E-state index contributed by atoms with van der Waals surface area (Å²) in [5.74, 6) is -0.367. The molecule has 1 aromatic carbocycles. The van der Waals surface area contributed by atoms with Gasteiger partial charge in [-0.2, -0.15) is 0 Å². The molecule has 1 fully saturated rings. The van der Waals surface area contributed by atoms with Gasteiger partial charge in [-0.05, 0) is 49.6 Å². The molecular weight excluding hydrogens is 342 g/mol. The Labute approximate surface area is 158 Å². The van der Waals surface area contributed by atoms with Crippen LogP contribution in [0.3, 0.4) is 0 Å². The summed E-state index contributed by atoms with van der Waals surface area (Å²) in [5, 5.41) is 5.83. The molecule has 2 amide bonds. The normalized spacial score (nSPS) is 14.6. The van der Waals surface area contributed by atoms with Crippen molar-refractivity contribution in [2.75, 3.05) is 5.32 Å². The number of benzene rings is 1. The fraction of sp³-hybridized carbons (Fsp3) is 0.381. The number of nitrogens with zero attached hydrogens (tertiary/aromatic N) is 1. The van der Waals surface area contributed by atoms with Crippen LogP contribution in [0.15, 0.2) is 47.4 Å². The average Bonchev–Trinajstić information content (AvgIpc) is 2.66. The van der Waals surface area contributed by atoms with Gasteiger partial charge < -0.3 is 15.2 Å². The third-order valence-electron chi connectivity index (χ3n) is 4.82. The first-order chi connectivity index (χ1) is 13.0. The molecule has 0 unspecified atom stereocenters. The van der Waals surface area contributed by atoms with Crippen molar-refractivity contribution in [1.82, 2.24) is 9.88 Å². The zero-order valence-corrected chi connectivity index (χ0v) is 15.5. The minimum atomic E-state index is -0.290. The molecule has 142 valence electrons.